The lowest BCUT2D eigenvalue weighted by atomic mass is 10.1. The number of hydrogen-bond donors (Lipinski definition) is 2. The smallest absolute Gasteiger partial charge is 0.317 e. The number of carbonyl (C=O) groups is 1. The van der Waals surface area contributed by atoms with Gasteiger partial charge in [0, 0.05) is 38.4 Å². The summed E-state index contributed by atoms with van der Waals surface area (Å²) in [4.78, 5) is 15.9. The molecule has 0 aliphatic carbocycles. The molecule has 2 saturated heterocycles. The number of nitrogens with one attached hydrogen (secondary N) is 1. The van der Waals surface area contributed by atoms with Crippen LogP contribution in [0, 0.1) is 6.92 Å². The summed E-state index contributed by atoms with van der Waals surface area (Å²) in [5.41, 5.74) is 9.35. The number of benzene rings is 1. The summed E-state index contributed by atoms with van der Waals surface area (Å²) in [5, 5.41) is 2.91. The van der Waals surface area contributed by atoms with Gasteiger partial charge >= 0.3 is 6.03 Å². The molecule has 5 nitrogen and oxygen atoms in total. The first-order valence-electron chi connectivity index (χ1n) is 6.78. The third-order valence-corrected chi connectivity index (χ3v) is 4.07. The van der Waals surface area contributed by atoms with E-state index in [1.54, 1.807) is 0 Å². The average molecular weight is 260 g/mol. The largest absolute Gasteiger partial charge is 0.367 e. The molecule has 3 rings (SSSR count). The van der Waals surface area contributed by atoms with Gasteiger partial charge in [0.1, 0.15) is 0 Å². The highest BCUT2D eigenvalue weighted by molar-refractivity contribution is 5.77. The van der Waals surface area contributed by atoms with Crippen LogP contribution in [0.25, 0.3) is 0 Å². The SMILES string of the molecule is Cc1cc(CN)ccc1N1CCN2C(=O)NCC2C1. The molecule has 0 saturated carbocycles. The molecule has 1 atom stereocenters. The van der Waals surface area contributed by atoms with Crippen molar-refractivity contribution in [2.24, 2.45) is 5.73 Å². The van der Waals surface area contributed by atoms with Gasteiger partial charge in [0.05, 0.1) is 6.04 Å². The second-order valence-electron chi connectivity index (χ2n) is 5.30. The van der Waals surface area contributed by atoms with Gasteiger partial charge < -0.3 is 20.9 Å². The van der Waals surface area contributed by atoms with Gasteiger partial charge in [-0.25, -0.2) is 4.79 Å². The molecule has 3 N–H and O–H groups in total. The fourth-order valence-corrected chi connectivity index (χ4v) is 3.02. The molecule has 0 aromatic heterocycles. The van der Waals surface area contributed by atoms with Gasteiger partial charge in [-0.1, -0.05) is 12.1 Å². The van der Waals surface area contributed by atoms with Gasteiger partial charge in [-0.3, -0.25) is 0 Å². The van der Waals surface area contributed by atoms with E-state index in [2.05, 4.69) is 35.3 Å². The van der Waals surface area contributed by atoms with Crippen molar-refractivity contribution in [3.05, 3.63) is 29.3 Å². The maximum absolute atomic E-state index is 11.6. The topological polar surface area (TPSA) is 61.6 Å². The lowest BCUT2D eigenvalue weighted by Gasteiger charge is -2.38. The number of aryl methyl sites for hydroxylation is 1. The monoisotopic (exact) mass is 260 g/mol. The van der Waals surface area contributed by atoms with Gasteiger partial charge in [0.25, 0.3) is 0 Å². The molecule has 2 heterocycles. The van der Waals surface area contributed by atoms with Crippen LogP contribution in [-0.4, -0.2) is 43.2 Å². The molecule has 0 radical (unpaired) electrons. The number of anilines is 1. The normalized spacial score (nSPS) is 22.4. The number of hydrogen-bond acceptors (Lipinski definition) is 3. The number of urea groups is 1. The lowest BCUT2D eigenvalue weighted by molar-refractivity contribution is 0.197. The zero-order valence-corrected chi connectivity index (χ0v) is 11.2. The Balaban J connectivity index is 1.79. The zero-order chi connectivity index (χ0) is 13.4. The summed E-state index contributed by atoms with van der Waals surface area (Å²) in [5.74, 6) is 0. The second kappa shape index (κ2) is 4.74. The van der Waals surface area contributed by atoms with Crippen molar-refractivity contribution in [1.29, 1.82) is 0 Å². The summed E-state index contributed by atoms with van der Waals surface area (Å²) in [6, 6.07) is 6.78. The van der Waals surface area contributed by atoms with Crippen LogP contribution in [0.1, 0.15) is 11.1 Å². The molecular formula is C14H20N4O. The van der Waals surface area contributed by atoms with Crippen LogP contribution < -0.4 is 16.0 Å². The Morgan fingerprint density at radius 2 is 2.26 bits per heavy atom. The van der Waals surface area contributed by atoms with Gasteiger partial charge in [-0.2, -0.15) is 0 Å². The minimum atomic E-state index is 0.0832. The van der Waals surface area contributed by atoms with E-state index in [4.69, 9.17) is 5.73 Å². The van der Waals surface area contributed by atoms with Crippen molar-refractivity contribution in [1.82, 2.24) is 10.2 Å². The van der Waals surface area contributed by atoms with E-state index in [0.717, 1.165) is 31.7 Å². The van der Waals surface area contributed by atoms with Crippen LogP contribution in [0.15, 0.2) is 18.2 Å². The highest BCUT2D eigenvalue weighted by Gasteiger charge is 2.35. The molecular weight excluding hydrogens is 240 g/mol. The van der Waals surface area contributed by atoms with E-state index in [1.165, 1.54) is 11.3 Å². The Morgan fingerprint density at radius 3 is 3.00 bits per heavy atom. The van der Waals surface area contributed by atoms with Crippen LogP contribution in [0.5, 0.6) is 0 Å². The lowest BCUT2D eigenvalue weighted by Crippen LogP contribution is -2.52. The molecule has 1 aromatic carbocycles. The number of piperazine rings is 1. The highest BCUT2D eigenvalue weighted by atomic mass is 16.2. The Morgan fingerprint density at radius 1 is 1.42 bits per heavy atom. The van der Waals surface area contributed by atoms with Crippen LogP contribution in [0.3, 0.4) is 0 Å². The van der Waals surface area contributed by atoms with E-state index in [-0.39, 0.29) is 6.03 Å². The first-order chi connectivity index (χ1) is 9.19. The Labute approximate surface area is 113 Å². The second-order valence-corrected chi connectivity index (χ2v) is 5.30. The molecule has 2 amide bonds. The molecule has 0 bridgehead atoms. The Hall–Kier alpha value is -1.75. The molecule has 2 aliphatic rings. The van der Waals surface area contributed by atoms with Crippen LogP contribution in [-0.2, 0) is 6.54 Å². The van der Waals surface area contributed by atoms with Crippen molar-refractivity contribution < 1.29 is 4.79 Å². The summed E-state index contributed by atoms with van der Waals surface area (Å²) in [7, 11) is 0. The first-order valence-corrected chi connectivity index (χ1v) is 6.78. The van der Waals surface area contributed by atoms with Gasteiger partial charge in [-0.05, 0) is 24.1 Å². The fraction of sp³-hybridized carbons (Fsp3) is 0.500. The summed E-state index contributed by atoms with van der Waals surface area (Å²) < 4.78 is 0. The molecule has 19 heavy (non-hydrogen) atoms. The van der Waals surface area contributed by atoms with E-state index in [0.29, 0.717) is 12.6 Å². The van der Waals surface area contributed by atoms with Crippen molar-refractivity contribution in [3.8, 4) is 0 Å². The highest BCUT2D eigenvalue weighted by Crippen LogP contribution is 2.25. The van der Waals surface area contributed by atoms with E-state index < -0.39 is 0 Å². The number of fused-ring (bicyclic) bond motifs is 1. The van der Waals surface area contributed by atoms with E-state index >= 15 is 0 Å². The zero-order valence-electron chi connectivity index (χ0n) is 11.2. The predicted octanol–water partition coefficient (Wildman–Crippen LogP) is 0.668. The molecule has 5 heteroatoms. The standard InChI is InChI=1S/C14H20N4O/c1-10-6-11(7-15)2-3-13(10)17-4-5-18-12(9-17)8-16-14(18)19/h2-3,6,12H,4-5,7-9,15H2,1H3,(H,16,19). The van der Waals surface area contributed by atoms with Gasteiger partial charge in [0.15, 0.2) is 0 Å². The van der Waals surface area contributed by atoms with Crippen LogP contribution in [0.2, 0.25) is 0 Å². The van der Waals surface area contributed by atoms with Crippen molar-refractivity contribution in [2.75, 3.05) is 31.1 Å². The predicted molar refractivity (Wildman–Crippen MR) is 75.2 cm³/mol. The Bertz CT molecular complexity index is 502. The average Bonchev–Trinajstić information content (AvgIpc) is 2.79. The third kappa shape index (κ3) is 2.14. The van der Waals surface area contributed by atoms with Crippen molar-refractivity contribution in [2.45, 2.75) is 19.5 Å². The maximum Gasteiger partial charge on any atom is 0.317 e. The Kier molecular flexibility index (Phi) is 3.06. The number of nitrogens with two attached hydrogens (primary N) is 1. The molecule has 2 fully saturated rings. The number of rotatable bonds is 2. The van der Waals surface area contributed by atoms with Crippen LogP contribution >= 0.6 is 0 Å². The van der Waals surface area contributed by atoms with Crippen molar-refractivity contribution >= 4 is 11.7 Å². The van der Waals surface area contributed by atoms with Crippen LogP contribution in [0.4, 0.5) is 10.5 Å². The fourth-order valence-electron chi connectivity index (χ4n) is 3.02. The minimum Gasteiger partial charge on any atom is -0.367 e. The number of carbonyl (C=O) groups excluding carboxylic acids is 1. The third-order valence-electron chi connectivity index (χ3n) is 4.07. The molecule has 1 aromatic rings. The minimum absolute atomic E-state index is 0.0832. The van der Waals surface area contributed by atoms with Gasteiger partial charge in [0.2, 0.25) is 0 Å². The summed E-state index contributed by atoms with van der Waals surface area (Å²) >= 11 is 0. The molecule has 1 unspecified atom stereocenters. The molecule has 0 spiro atoms. The molecule has 102 valence electrons. The summed E-state index contributed by atoms with van der Waals surface area (Å²) in [6.07, 6.45) is 0. The summed E-state index contributed by atoms with van der Waals surface area (Å²) in [6.45, 7) is 6.06. The van der Waals surface area contributed by atoms with Crippen molar-refractivity contribution in [3.63, 3.8) is 0 Å². The van der Waals surface area contributed by atoms with E-state index in [9.17, 15) is 4.79 Å². The molecule has 2 aliphatic heterocycles. The number of amides is 2. The quantitative estimate of drug-likeness (QED) is 0.821. The maximum atomic E-state index is 11.6. The number of nitrogens with zero attached hydrogens (tertiary/aromatic N) is 2. The van der Waals surface area contributed by atoms with E-state index in [1.807, 2.05) is 4.90 Å². The first kappa shape index (κ1) is 12.3. The van der Waals surface area contributed by atoms with Gasteiger partial charge in [-0.15, -0.1) is 0 Å².